The average molecular weight is 343 g/mol. The number of anilines is 2. The molecule has 3 rings (SSSR count). The first-order chi connectivity index (χ1) is 11.7. The summed E-state index contributed by atoms with van der Waals surface area (Å²) in [7, 11) is 1.54. The largest absolute Gasteiger partial charge is 0.495 e. The summed E-state index contributed by atoms with van der Waals surface area (Å²) in [5.41, 5.74) is 1.75. The van der Waals surface area contributed by atoms with Gasteiger partial charge >= 0.3 is 0 Å². The van der Waals surface area contributed by atoms with E-state index in [0.717, 1.165) is 5.56 Å². The summed E-state index contributed by atoms with van der Waals surface area (Å²) in [5.74, 6) is 0.818. The molecule has 24 heavy (non-hydrogen) atoms. The van der Waals surface area contributed by atoms with Gasteiger partial charge in [0.2, 0.25) is 5.95 Å². The highest BCUT2D eigenvalue weighted by Crippen LogP contribution is 2.27. The predicted octanol–water partition coefficient (Wildman–Crippen LogP) is 3.16. The molecule has 1 heterocycles. The molecular weight excluding hydrogens is 328 g/mol. The minimum Gasteiger partial charge on any atom is -0.495 e. The molecule has 0 atom stereocenters. The van der Waals surface area contributed by atoms with Crippen LogP contribution in [0.15, 0.2) is 53.3 Å². The van der Waals surface area contributed by atoms with Gasteiger partial charge in [0, 0.05) is 12.1 Å². The highest BCUT2D eigenvalue weighted by Gasteiger charge is 2.07. The lowest BCUT2D eigenvalue weighted by Gasteiger charge is -2.08. The van der Waals surface area contributed by atoms with E-state index in [0.29, 0.717) is 28.6 Å². The standard InChI is InChI=1S/C17H15ClN4O2/c1-24-15-8-7-12(10-13(15)18)19-17-20-16(23)14(21-22-17)9-11-5-3-2-4-6-11/h2-8,10H,9H2,1H3,(H2,19,20,22,23). The molecule has 0 saturated heterocycles. The predicted molar refractivity (Wildman–Crippen MR) is 93.2 cm³/mol. The Morgan fingerprint density at radius 3 is 2.62 bits per heavy atom. The Hall–Kier alpha value is -2.86. The van der Waals surface area contributed by atoms with E-state index in [9.17, 15) is 4.79 Å². The third kappa shape index (κ3) is 3.72. The fourth-order valence-electron chi connectivity index (χ4n) is 2.20. The van der Waals surface area contributed by atoms with Gasteiger partial charge < -0.3 is 10.1 Å². The Morgan fingerprint density at radius 2 is 1.96 bits per heavy atom. The molecular formula is C17H15ClN4O2. The van der Waals surface area contributed by atoms with Crippen LogP contribution < -0.4 is 15.6 Å². The molecule has 0 saturated carbocycles. The summed E-state index contributed by atoms with van der Waals surface area (Å²) in [6, 6.07) is 14.8. The van der Waals surface area contributed by atoms with E-state index in [1.54, 1.807) is 25.3 Å². The topological polar surface area (TPSA) is 79.9 Å². The SMILES string of the molecule is COc1ccc(Nc2nnc(Cc3ccccc3)c(=O)[nH]2)cc1Cl. The number of nitrogens with one attached hydrogen (secondary N) is 2. The van der Waals surface area contributed by atoms with Crippen LogP contribution in [0.4, 0.5) is 11.6 Å². The van der Waals surface area contributed by atoms with Gasteiger partial charge in [0.25, 0.3) is 5.56 Å². The van der Waals surface area contributed by atoms with Crippen molar-refractivity contribution in [3.8, 4) is 5.75 Å². The van der Waals surface area contributed by atoms with Gasteiger partial charge in [-0.2, -0.15) is 0 Å². The molecule has 3 aromatic rings. The summed E-state index contributed by atoms with van der Waals surface area (Å²) in [5, 5.41) is 11.4. The number of nitrogens with zero attached hydrogens (tertiary/aromatic N) is 2. The first-order valence-corrected chi connectivity index (χ1v) is 7.64. The van der Waals surface area contributed by atoms with Crippen molar-refractivity contribution in [2.24, 2.45) is 0 Å². The molecule has 0 aliphatic carbocycles. The summed E-state index contributed by atoms with van der Waals surface area (Å²) in [6.07, 6.45) is 0.428. The highest BCUT2D eigenvalue weighted by atomic mass is 35.5. The van der Waals surface area contributed by atoms with Crippen LogP contribution in [0.5, 0.6) is 5.75 Å². The van der Waals surface area contributed by atoms with E-state index >= 15 is 0 Å². The number of aromatic amines is 1. The monoisotopic (exact) mass is 342 g/mol. The average Bonchev–Trinajstić information content (AvgIpc) is 2.58. The van der Waals surface area contributed by atoms with Crippen LogP contribution in [0.1, 0.15) is 11.3 Å². The number of hydrogen-bond acceptors (Lipinski definition) is 5. The Balaban J connectivity index is 1.77. The second-order valence-electron chi connectivity index (χ2n) is 5.09. The maximum Gasteiger partial charge on any atom is 0.274 e. The van der Waals surface area contributed by atoms with E-state index in [4.69, 9.17) is 16.3 Å². The van der Waals surface area contributed by atoms with Gasteiger partial charge in [-0.05, 0) is 23.8 Å². The van der Waals surface area contributed by atoms with Crippen LogP contribution >= 0.6 is 11.6 Å². The Labute approximate surface area is 143 Å². The molecule has 0 aliphatic rings. The number of halogens is 1. The first kappa shape index (κ1) is 16.0. The Morgan fingerprint density at radius 1 is 1.17 bits per heavy atom. The first-order valence-electron chi connectivity index (χ1n) is 7.26. The van der Waals surface area contributed by atoms with E-state index in [2.05, 4.69) is 20.5 Å². The molecule has 1 aromatic heterocycles. The zero-order valence-corrected chi connectivity index (χ0v) is 13.7. The van der Waals surface area contributed by atoms with Crippen LogP contribution in [0.25, 0.3) is 0 Å². The molecule has 7 heteroatoms. The van der Waals surface area contributed by atoms with Gasteiger partial charge in [0.15, 0.2) is 0 Å². The summed E-state index contributed by atoms with van der Waals surface area (Å²) in [6.45, 7) is 0. The number of rotatable bonds is 5. The summed E-state index contributed by atoms with van der Waals surface area (Å²) < 4.78 is 5.10. The number of methoxy groups -OCH3 is 1. The quantitative estimate of drug-likeness (QED) is 0.744. The maximum atomic E-state index is 12.2. The Bertz CT molecular complexity index is 897. The van der Waals surface area contributed by atoms with Crippen molar-refractivity contribution in [2.75, 3.05) is 12.4 Å². The Kier molecular flexibility index (Phi) is 4.77. The molecule has 6 nitrogen and oxygen atoms in total. The number of H-pyrrole nitrogens is 1. The van der Waals surface area contributed by atoms with Crippen LogP contribution in [0, 0.1) is 0 Å². The van der Waals surface area contributed by atoms with Gasteiger partial charge in [0.05, 0.1) is 12.1 Å². The third-order valence-electron chi connectivity index (χ3n) is 3.39. The number of aromatic nitrogens is 3. The van der Waals surface area contributed by atoms with Crippen LogP contribution in [0.3, 0.4) is 0 Å². The van der Waals surface area contributed by atoms with E-state index in [1.807, 2.05) is 30.3 Å². The second-order valence-corrected chi connectivity index (χ2v) is 5.49. The minimum atomic E-state index is -0.282. The molecule has 0 fully saturated rings. The van der Waals surface area contributed by atoms with Gasteiger partial charge in [-0.15, -0.1) is 10.2 Å². The molecule has 0 aliphatic heterocycles. The highest BCUT2D eigenvalue weighted by molar-refractivity contribution is 6.32. The normalized spacial score (nSPS) is 10.4. The minimum absolute atomic E-state index is 0.248. The molecule has 122 valence electrons. The van der Waals surface area contributed by atoms with Gasteiger partial charge in [-0.25, -0.2) is 0 Å². The van der Waals surface area contributed by atoms with Crippen molar-refractivity contribution in [3.05, 3.63) is 75.2 Å². The third-order valence-corrected chi connectivity index (χ3v) is 3.69. The second kappa shape index (κ2) is 7.14. The van der Waals surface area contributed by atoms with Crippen molar-refractivity contribution in [3.63, 3.8) is 0 Å². The summed E-state index contributed by atoms with van der Waals surface area (Å²) >= 11 is 6.07. The zero-order chi connectivity index (χ0) is 16.9. The van der Waals surface area contributed by atoms with Crippen LogP contribution in [0.2, 0.25) is 5.02 Å². The fourth-order valence-corrected chi connectivity index (χ4v) is 2.46. The van der Waals surface area contributed by atoms with Gasteiger partial charge in [-0.3, -0.25) is 9.78 Å². The lowest BCUT2D eigenvalue weighted by Crippen LogP contribution is -2.18. The molecule has 0 unspecified atom stereocenters. The summed E-state index contributed by atoms with van der Waals surface area (Å²) in [4.78, 5) is 14.8. The number of ether oxygens (including phenoxy) is 1. The van der Waals surface area contributed by atoms with Crippen LogP contribution in [-0.2, 0) is 6.42 Å². The molecule has 0 bridgehead atoms. The maximum absolute atomic E-state index is 12.2. The molecule has 2 N–H and O–H groups in total. The lowest BCUT2D eigenvalue weighted by atomic mass is 10.1. The van der Waals surface area contributed by atoms with E-state index < -0.39 is 0 Å². The molecule has 2 aromatic carbocycles. The van der Waals surface area contributed by atoms with Crippen LogP contribution in [-0.4, -0.2) is 22.3 Å². The number of hydrogen-bond donors (Lipinski definition) is 2. The van der Waals surface area contributed by atoms with Crippen molar-refractivity contribution < 1.29 is 4.74 Å². The molecule has 0 spiro atoms. The smallest absolute Gasteiger partial charge is 0.274 e. The zero-order valence-electron chi connectivity index (χ0n) is 12.9. The van der Waals surface area contributed by atoms with Gasteiger partial charge in [-0.1, -0.05) is 41.9 Å². The van der Waals surface area contributed by atoms with Crippen molar-refractivity contribution in [1.82, 2.24) is 15.2 Å². The number of benzene rings is 2. The van der Waals surface area contributed by atoms with Gasteiger partial charge in [0.1, 0.15) is 11.4 Å². The van der Waals surface area contributed by atoms with Crippen molar-refractivity contribution in [2.45, 2.75) is 6.42 Å². The van der Waals surface area contributed by atoms with Crippen molar-refractivity contribution >= 4 is 23.2 Å². The van der Waals surface area contributed by atoms with Crippen molar-refractivity contribution in [1.29, 1.82) is 0 Å². The fraction of sp³-hybridized carbons (Fsp3) is 0.118. The van der Waals surface area contributed by atoms with E-state index in [-0.39, 0.29) is 11.5 Å². The van der Waals surface area contributed by atoms with E-state index in [1.165, 1.54) is 0 Å². The molecule has 0 radical (unpaired) electrons. The molecule has 0 amide bonds. The lowest BCUT2D eigenvalue weighted by molar-refractivity contribution is 0.415.